The minimum absolute atomic E-state index is 0.0385. The molecule has 36 heavy (non-hydrogen) atoms. The van der Waals surface area contributed by atoms with E-state index in [1.807, 2.05) is 36.4 Å². The van der Waals surface area contributed by atoms with Crippen molar-refractivity contribution >= 4 is 24.5 Å². The number of rotatable bonds is 8. The van der Waals surface area contributed by atoms with Crippen LogP contribution >= 0.6 is 0 Å². The summed E-state index contributed by atoms with van der Waals surface area (Å²) in [5.74, 6) is 1.05. The molecular formula is C28H32O8. The van der Waals surface area contributed by atoms with E-state index in [0.29, 0.717) is 12.8 Å². The van der Waals surface area contributed by atoms with Crippen LogP contribution in [0.15, 0.2) is 36.4 Å². The molecular weight excluding hydrogens is 464 g/mol. The molecule has 0 saturated carbocycles. The Kier molecular flexibility index (Phi) is 10.0. The second-order valence-corrected chi connectivity index (χ2v) is 8.70. The van der Waals surface area contributed by atoms with Gasteiger partial charge in [-0.15, -0.1) is 0 Å². The molecule has 2 heterocycles. The maximum Gasteiger partial charge on any atom is 0.309 e. The van der Waals surface area contributed by atoms with E-state index in [1.54, 1.807) is 0 Å². The van der Waals surface area contributed by atoms with Gasteiger partial charge in [-0.1, -0.05) is 24.3 Å². The van der Waals surface area contributed by atoms with Crippen LogP contribution in [0.3, 0.4) is 0 Å². The van der Waals surface area contributed by atoms with E-state index in [0.717, 1.165) is 72.0 Å². The van der Waals surface area contributed by atoms with E-state index in [-0.39, 0.29) is 37.0 Å². The van der Waals surface area contributed by atoms with Gasteiger partial charge >= 0.3 is 11.9 Å². The summed E-state index contributed by atoms with van der Waals surface area (Å²) in [7, 11) is 2.76. The van der Waals surface area contributed by atoms with Gasteiger partial charge in [0.1, 0.15) is 36.3 Å². The molecule has 2 aliphatic rings. The summed E-state index contributed by atoms with van der Waals surface area (Å²) in [5.41, 5.74) is 4.01. The van der Waals surface area contributed by atoms with Crippen molar-refractivity contribution in [2.75, 3.05) is 14.2 Å². The number of benzene rings is 2. The molecule has 2 atom stereocenters. The van der Waals surface area contributed by atoms with Crippen LogP contribution < -0.4 is 9.47 Å². The number of carbonyl (C=O) groups is 4. The summed E-state index contributed by atoms with van der Waals surface area (Å²) < 4.78 is 20.8. The molecule has 192 valence electrons. The number of aryl methyl sites for hydroxylation is 1. The predicted octanol–water partition coefficient (Wildman–Crippen LogP) is 3.37. The third-order valence-electron chi connectivity index (χ3n) is 6.26. The lowest BCUT2D eigenvalue weighted by atomic mass is 9.95. The van der Waals surface area contributed by atoms with Crippen molar-refractivity contribution < 1.29 is 38.1 Å². The average Bonchev–Trinajstić information content (AvgIpc) is 2.89. The zero-order valence-corrected chi connectivity index (χ0v) is 20.7. The topological polar surface area (TPSA) is 105 Å². The lowest BCUT2D eigenvalue weighted by molar-refractivity contribution is -0.140. The standard InChI is InChI=1S/2C14H16O4/c1-17-14(16)9-10-2-3-11-4-5-12(6-7-15)18-13(11)8-10;1-17-14(16)9-10-3-2-4-13-12(10)6-5-11(18-13)7-8-15/h2-3,7-8,12H,4-6,9H2,1H3;2-4,8,11H,5-7,9H2,1H3. The van der Waals surface area contributed by atoms with Crippen LogP contribution in [0, 0.1) is 0 Å². The van der Waals surface area contributed by atoms with Crippen LogP contribution in [-0.4, -0.2) is 50.9 Å². The van der Waals surface area contributed by atoms with Crippen LogP contribution in [0.25, 0.3) is 0 Å². The highest BCUT2D eigenvalue weighted by molar-refractivity contribution is 5.73. The number of carbonyl (C=O) groups excluding carboxylic acids is 4. The van der Waals surface area contributed by atoms with Gasteiger partial charge in [0.15, 0.2) is 0 Å². The van der Waals surface area contributed by atoms with Crippen LogP contribution in [0.5, 0.6) is 11.5 Å². The minimum atomic E-state index is -0.268. The van der Waals surface area contributed by atoms with E-state index in [4.69, 9.17) is 9.47 Å². The average molecular weight is 497 g/mol. The second-order valence-electron chi connectivity index (χ2n) is 8.70. The fourth-order valence-corrected chi connectivity index (χ4v) is 4.31. The monoisotopic (exact) mass is 496 g/mol. The third-order valence-corrected chi connectivity index (χ3v) is 6.26. The van der Waals surface area contributed by atoms with Gasteiger partial charge < -0.3 is 28.5 Å². The summed E-state index contributed by atoms with van der Waals surface area (Å²) in [5, 5.41) is 0. The largest absolute Gasteiger partial charge is 0.490 e. The van der Waals surface area contributed by atoms with Gasteiger partial charge in [0.25, 0.3) is 0 Å². The second kappa shape index (κ2) is 13.4. The molecule has 2 aromatic rings. The molecule has 8 heteroatoms. The Hall–Kier alpha value is -3.68. The van der Waals surface area contributed by atoms with Crippen LogP contribution in [0.1, 0.15) is 47.9 Å². The Bertz CT molecular complexity index is 1070. The molecule has 2 aliphatic heterocycles. The van der Waals surface area contributed by atoms with E-state index in [1.165, 1.54) is 14.2 Å². The maximum absolute atomic E-state index is 11.3. The van der Waals surface area contributed by atoms with E-state index in [2.05, 4.69) is 9.47 Å². The van der Waals surface area contributed by atoms with Crippen molar-refractivity contribution in [3.63, 3.8) is 0 Å². The number of fused-ring (bicyclic) bond motifs is 2. The number of aldehydes is 2. The molecule has 0 N–H and O–H groups in total. The maximum atomic E-state index is 11.3. The van der Waals surface area contributed by atoms with Crippen molar-refractivity contribution in [2.45, 2.75) is 63.6 Å². The highest BCUT2D eigenvalue weighted by Crippen LogP contribution is 2.32. The van der Waals surface area contributed by atoms with Gasteiger partial charge in [-0.05, 0) is 60.1 Å². The Balaban J connectivity index is 0.000000201. The van der Waals surface area contributed by atoms with Crippen molar-refractivity contribution in [3.8, 4) is 11.5 Å². The third kappa shape index (κ3) is 7.41. The first-order valence-electron chi connectivity index (χ1n) is 12.0. The molecule has 0 aromatic heterocycles. The van der Waals surface area contributed by atoms with Gasteiger partial charge in [-0.2, -0.15) is 0 Å². The van der Waals surface area contributed by atoms with Gasteiger partial charge in [0.2, 0.25) is 0 Å². The quantitative estimate of drug-likeness (QED) is 0.405. The number of ether oxygens (including phenoxy) is 4. The fourth-order valence-electron chi connectivity index (χ4n) is 4.31. The summed E-state index contributed by atoms with van der Waals surface area (Å²) in [4.78, 5) is 43.5. The van der Waals surface area contributed by atoms with Crippen LogP contribution in [-0.2, 0) is 54.3 Å². The molecule has 0 saturated heterocycles. The Labute approximate surface area is 210 Å². The lowest BCUT2D eigenvalue weighted by Crippen LogP contribution is -2.24. The molecule has 8 nitrogen and oxygen atoms in total. The van der Waals surface area contributed by atoms with Crippen LogP contribution in [0.4, 0.5) is 0 Å². The molecule has 0 aliphatic carbocycles. The van der Waals surface area contributed by atoms with Crippen LogP contribution in [0.2, 0.25) is 0 Å². The molecule has 0 radical (unpaired) electrons. The van der Waals surface area contributed by atoms with E-state index >= 15 is 0 Å². The molecule has 0 bridgehead atoms. The zero-order valence-electron chi connectivity index (χ0n) is 20.7. The lowest BCUT2D eigenvalue weighted by Gasteiger charge is -2.26. The molecule has 2 aromatic carbocycles. The number of esters is 2. The van der Waals surface area contributed by atoms with Gasteiger partial charge in [0.05, 0.1) is 27.1 Å². The Morgan fingerprint density at radius 2 is 1.50 bits per heavy atom. The van der Waals surface area contributed by atoms with Crippen molar-refractivity contribution in [1.82, 2.24) is 0 Å². The van der Waals surface area contributed by atoms with Crippen molar-refractivity contribution in [1.29, 1.82) is 0 Å². The first kappa shape index (κ1) is 26.9. The normalized spacial score (nSPS) is 17.5. The minimum Gasteiger partial charge on any atom is -0.490 e. The molecule has 2 unspecified atom stereocenters. The highest BCUT2D eigenvalue weighted by atomic mass is 16.5. The fraction of sp³-hybridized carbons (Fsp3) is 0.429. The summed E-state index contributed by atoms with van der Waals surface area (Å²) in [6.45, 7) is 0. The van der Waals surface area contributed by atoms with Crippen molar-refractivity contribution in [3.05, 3.63) is 58.7 Å². The number of hydrogen-bond donors (Lipinski definition) is 0. The van der Waals surface area contributed by atoms with Gasteiger partial charge in [0, 0.05) is 12.8 Å². The SMILES string of the molecule is COC(=O)Cc1ccc2c(c1)OC(CC=O)CC2.COC(=O)Cc1cccc2c1CCC(CC=O)O2. The zero-order chi connectivity index (χ0) is 25.9. The smallest absolute Gasteiger partial charge is 0.309 e. The number of hydrogen-bond acceptors (Lipinski definition) is 8. The summed E-state index contributed by atoms with van der Waals surface area (Å²) >= 11 is 0. The highest BCUT2D eigenvalue weighted by Gasteiger charge is 2.22. The van der Waals surface area contributed by atoms with E-state index in [9.17, 15) is 19.2 Å². The van der Waals surface area contributed by atoms with Crippen molar-refractivity contribution in [2.24, 2.45) is 0 Å². The first-order valence-corrected chi connectivity index (χ1v) is 12.0. The summed E-state index contributed by atoms with van der Waals surface area (Å²) in [6, 6.07) is 11.4. The molecule has 4 rings (SSSR count). The van der Waals surface area contributed by atoms with E-state index < -0.39 is 0 Å². The predicted molar refractivity (Wildman–Crippen MR) is 131 cm³/mol. The molecule has 0 fully saturated rings. The molecule has 0 spiro atoms. The van der Waals surface area contributed by atoms with Gasteiger partial charge in [-0.3, -0.25) is 9.59 Å². The Morgan fingerprint density at radius 3 is 2.17 bits per heavy atom. The Morgan fingerprint density at radius 1 is 0.861 bits per heavy atom. The number of methoxy groups -OCH3 is 2. The first-order chi connectivity index (χ1) is 17.5. The molecule has 0 amide bonds. The summed E-state index contributed by atoms with van der Waals surface area (Å²) in [6.07, 6.45) is 6.45. The van der Waals surface area contributed by atoms with Gasteiger partial charge in [-0.25, -0.2) is 0 Å².